The first kappa shape index (κ1) is 15.4. The van der Waals surface area contributed by atoms with Crippen molar-refractivity contribution in [2.24, 2.45) is 5.92 Å². The summed E-state index contributed by atoms with van der Waals surface area (Å²) >= 11 is 6.13. The summed E-state index contributed by atoms with van der Waals surface area (Å²) in [7, 11) is 0. The molecule has 1 aromatic carbocycles. The lowest BCUT2D eigenvalue weighted by Gasteiger charge is -2.13. The van der Waals surface area contributed by atoms with Gasteiger partial charge in [-0.2, -0.15) is 0 Å². The lowest BCUT2D eigenvalue weighted by Crippen LogP contribution is -2.16. The van der Waals surface area contributed by atoms with Crippen LogP contribution in [-0.4, -0.2) is 31.3 Å². The van der Waals surface area contributed by atoms with Crippen molar-refractivity contribution < 1.29 is 9.90 Å². The summed E-state index contributed by atoms with van der Waals surface area (Å²) in [5, 5.41) is 21.2. The fraction of sp³-hybridized carbons (Fsp3) is 0.429. The fourth-order valence-corrected chi connectivity index (χ4v) is 2.28. The van der Waals surface area contributed by atoms with Crippen LogP contribution in [0.25, 0.3) is 11.4 Å². The van der Waals surface area contributed by atoms with Gasteiger partial charge in [0.2, 0.25) is 0 Å². The number of aromatic nitrogens is 4. The molecular weight excluding hydrogens is 292 g/mol. The number of tetrazole rings is 1. The van der Waals surface area contributed by atoms with Crippen LogP contribution < -0.4 is 0 Å². The van der Waals surface area contributed by atoms with Gasteiger partial charge in [-0.15, -0.1) is 5.10 Å². The Morgan fingerprint density at radius 3 is 2.86 bits per heavy atom. The summed E-state index contributed by atoms with van der Waals surface area (Å²) in [5.41, 5.74) is 1.80. The molecule has 112 valence electrons. The van der Waals surface area contributed by atoms with Crippen molar-refractivity contribution in [3.8, 4) is 11.4 Å². The van der Waals surface area contributed by atoms with Crippen LogP contribution in [0, 0.1) is 12.8 Å². The predicted molar refractivity (Wildman–Crippen MR) is 79.0 cm³/mol. The maximum atomic E-state index is 10.9. The number of hydrogen-bond acceptors (Lipinski definition) is 4. The molecule has 1 atom stereocenters. The highest BCUT2D eigenvalue weighted by atomic mass is 35.5. The highest BCUT2D eigenvalue weighted by molar-refractivity contribution is 6.31. The van der Waals surface area contributed by atoms with Gasteiger partial charge in [-0.05, 0) is 34.9 Å². The number of aryl methyl sites for hydroxylation is 1. The van der Waals surface area contributed by atoms with Crippen LogP contribution in [0.15, 0.2) is 18.2 Å². The quantitative estimate of drug-likeness (QED) is 0.887. The maximum absolute atomic E-state index is 10.9. The molecule has 1 N–H and O–H groups in total. The monoisotopic (exact) mass is 308 g/mol. The van der Waals surface area contributed by atoms with Crippen molar-refractivity contribution in [2.75, 3.05) is 0 Å². The number of hydrogen-bond donors (Lipinski definition) is 1. The SMILES string of the molecule is CCC(CC(=O)O)Cn1nnnc1-c1ccc(C)c(Cl)c1. The maximum Gasteiger partial charge on any atom is 0.303 e. The number of nitrogens with zero attached hydrogens (tertiary/aromatic N) is 4. The lowest BCUT2D eigenvalue weighted by atomic mass is 10.0. The smallest absolute Gasteiger partial charge is 0.303 e. The standard InChI is InChI=1S/C14H17ClN4O2/c1-3-10(6-13(20)21)8-19-14(16-17-18-19)11-5-4-9(2)12(15)7-11/h4-5,7,10H,3,6,8H2,1-2H3,(H,20,21). The van der Waals surface area contributed by atoms with Crippen molar-refractivity contribution in [1.82, 2.24) is 20.2 Å². The second-order valence-corrected chi connectivity index (χ2v) is 5.43. The molecule has 21 heavy (non-hydrogen) atoms. The van der Waals surface area contributed by atoms with Gasteiger partial charge in [0.05, 0.1) is 0 Å². The van der Waals surface area contributed by atoms with E-state index in [1.807, 2.05) is 32.0 Å². The van der Waals surface area contributed by atoms with Gasteiger partial charge < -0.3 is 5.11 Å². The second-order valence-electron chi connectivity index (χ2n) is 5.02. The zero-order valence-corrected chi connectivity index (χ0v) is 12.7. The minimum atomic E-state index is -0.810. The Morgan fingerprint density at radius 2 is 2.24 bits per heavy atom. The van der Waals surface area contributed by atoms with Crippen molar-refractivity contribution in [3.05, 3.63) is 28.8 Å². The summed E-state index contributed by atoms with van der Waals surface area (Å²) in [5.74, 6) is -0.221. The third kappa shape index (κ3) is 3.78. The van der Waals surface area contributed by atoms with Crippen LogP contribution >= 0.6 is 11.6 Å². The van der Waals surface area contributed by atoms with Gasteiger partial charge in [-0.1, -0.05) is 37.1 Å². The van der Waals surface area contributed by atoms with E-state index in [0.717, 1.165) is 17.5 Å². The van der Waals surface area contributed by atoms with E-state index >= 15 is 0 Å². The molecule has 0 saturated heterocycles. The van der Waals surface area contributed by atoms with Crippen LogP contribution in [-0.2, 0) is 11.3 Å². The number of rotatable bonds is 6. The van der Waals surface area contributed by atoms with Crippen molar-refractivity contribution in [1.29, 1.82) is 0 Å². The minimum absolute atomic E-state index is 0.00864. The van der Waals surface area contributed by atoms with E-state index in [1.165, 1.54) is 0 Å². The normalized spacial score (nSPS) is 12.3. The van der Waals surface area contributed by atoms with E-state index in [0.29, 0.717) is 17.4 Å². The Morgan fingerprint density at radius 1 is 1.48 bits per heavy atom. The molecule has 1 unspecified atom stereocenters. The molecule has 7 heteroatoms. The highest BCUT2D eigenvalue weighted by Crippen LogP contribution is 2.24. The van der Waals surface area contributed by atoms with Crippen LogP contribution in [0.1, 0.15) is 25.3 Å². The van der Waals surface area contributed by atoms with Gasteiger partial charge >= 0.3 is 5.97 Å². The summed E-state index contributed by atoms with van der Waals surface area (Å²) in [6.07, 6.45) is 0.852. The molecule has 0 radical (unpaired) electrons. The topological polar surface area (TPSA) is 80.9 Å². The summed E-state index contributed by atoms with van der Waals surface area (Å²) in [4.78, 5) is 10.9. The number of carbonyl (C=O) groups is 1. The van der Waals surface area contributed by atoms with E-state index < -0.39 is 5.97 Å². The lowest BCUT2D eigenvalue weighted by molar-refractivity contribution is -0.138. The molecule has 1 heterocycles. The van der Waals surface area contributed by atoms with Crippen molar-refractivity contribution in [2.45, 2.75) is 33.2 Å². The van der Waals surface area contributed by atoms with Crippen LogP contribution in [0.4, 0.5) is 0 Å². The summed E-state index contributed by atoms with van der Waals surface area (Å²) in [6.45, 7) is 4.35. The van der Waals surface area contributed by atoms with Gasteiger partial charge in [0.25, 0.3) is 0 Å². The van der Waals surface area contributed by atoms with E-state index in [4.69, 9.17) is 16.7 Å². The number of carboxylic acids is 1. The number of halogens is 1. The van der Waals surface area contributed by atoms with Gasteiger partial charge in [-0.3, -0.25) is 4.79 Å². The molecule has 0 bridgehead atoms. The number of aliphatic carboxylic acids is 1. The molecule has 0 amide bonds. The fourth-order valence-electron chi connectivity index (χ4n) is 2.10. The average molecular weight is 309 g/mol. The van der Waals surface area contributed by atoms with Gasteiger partial charge in [0, 0.05) is 23.6 Å². The molecule has 1 aromatic heterocycles. The number of benzene rings is 1. The largest absolute Gasteiger partial charge is 0.481 e. The van der Waals surface area contributed by atoms with Crippen LogP contribution in [0.5, 0.6) is 0 Å². The first-order valence-electron chi connectivity index (χ1n) is 6.75. The zero-order valence-electron chi connectivity index (χ0n) is 12.0. The second kappa shape index (κ2) is 6.67. The Balaban J connectivity index is 2.25. The molecule has 0 aliphatic carbocycles. The van der Waals surface area contributed by atoms with E-state index in [-0.39, 0.29) is 12.3 Å². The molecule has 2 rings (SSSR count). The molecule has 0 aliphatic heterocycles. The Kier molecular flexibility index (Phi) is 4.90. The first-order valence-corrected chi connectivity index (χ1v) is 7.13. The van der Waals surface area contributed by atoms with Crippen molar-refractivity contribution >= 4 is 17.6 Å². The number of carboxylic acid groups (broad SMARTS) is 1. The van der Waals surface area contributed by atoms with Gasteiger partial charge in [0.15, 0.2) is 5.82 Å². The van der Waals surface area contributed by atoms with E-state index in [1.54, 1.807) is 4.68 Å². The van der Waals surface area contributed by atoms with Gasteiger partial charge in [-0.25, -0.2) is 4.68 Å². The molecule has 2 aromatic rings. The Labute approximate surface area is 127 Å². The predicted octanol–water partition coefficient (Wildman–Crippen LogP) is 2.80. The van der Waals surface area contributed by atoms with Gasteiger partial charge in [0.1, 0.15) is 0 Å². The first-order chi connectivity index (χ1) is 10.0. The zero-order chi connectivity index (χ0) is 15.4. The molecule has 6 nitrogen and oxygen atoms in total. The third-order valence-corrected chi connectivity index (χ3v) is 3.84. The molecule has 0 fully saturated rings. The molecule has 0 saturated carbocycles. The summed E-state index contributed by atoms with van der Waals surface area (Å²) in [6, 6.07) is 5.63. The average Bonchev–Trinajstić information content (AvgIpc) is 2.88. The van der Waals surface area contributed by atoms with E-state index in [2.05, 4.69) is 15.5 Å². The third-order valence-electron chi connectivity index (χ3n) is 3.43. The van der Waals surface area contributed by atoms with Crippen LogP contribution in [0.3, 0.4) is 0 Å². The van der Waals surface area contributed by atoms with Crippen LogP contribution in [0.2, 0.25) is 5.02 Å². The Hall–Kier alpha value is -1.95. The Bertz CT molecular complexity index is 642. The summed E-state index contributed by atoms with van der Waals surface area (Å²) < 4.78 is 1.64. The van der Waals surface area contributed by atoms with Crippen molar-refractivity contribution in [3.63, 3.8) is 0 Å². The minimum Gasteiger partial charge on any atom is -0.481 e. The molecule has 0 aliphatic rings. The highest BCUT2D eigenvalue weighted by Gasteiger charge is 2.16. The molecular formula is C14H17ClN4O2. The van der Waals surface area contributed by atoms with E-state index in [9.17, 15) is 4.79 Å². The molecule has 0 spiro atoms.